The second kappa shape index (κ2) is 4.67. The van der Waals surface area contributed by atoms with Crippen LogP contribution in [0.2, 0.25) is 5.28 Å². The standard InChI is InChI=1S/C12H13ClN4/c1-8-4-9(2)6-10(5-8)17(3)11-7-14-16-12(13)15-11/h4-7H,1-3H3. The Morgan fingerprint density at radius 2 is 1.76 bits per heavy atom. The normalized spacial score (nSPS) is 10.4. The van der Waals surface area contributed by atoms with Crippen LogP contribution in [0.25, 0.3) is 0 Å². The van der Waals surface area contributed by atoms with Crippen molar-refractivity contribution in [1.29, 1.82) is 0 Å². The Morgan fingerprint density at radius 3 is 2.35 bits per heavy atom. The number of aromatic nitrogens is 3. The van der Waals surface area contributed by atoms with E-state index in [1.807, 2.05) is 11.9 Å². The maximum absolute atomic E-state index is 5.73. The molecule has 0 saturated heterocycles. The van der Waals surface area contributed by atoms with Crippen molar-refractivity contribution in [3.05, 3.63) is 40.8 Å². The van der Waals surface area contributed by atoms with Crippen LogP contribution in [0.3, 0.4) is 0 Å². The molecular weight excluding hydrogens is 236 g/mol. The highest BCUT2D eigenvalue weighted by atomic mass is 35.5. The van der Waals surface area contributed by atoms with Crippen molar-refractivity contribution in [2.75, 3.05) is 11.9 Å². The van der Waals surface area contributed by atoms with Gasteiger partial charge in [0.2, 0.25) is 5.28 Å². The lowest BCUT2D eigenvalue weighted by molar-refractivity contribution is 0.948. The van der Waals surface area contributed by atoms with Crippen molar-refractivity contribution < 1.29 is 0 Å². The van der Waals surface area contributed by atoms with Crippen molar-refractivity contribution in [2.24, 2.45) is 0 Å². The zero-order chi connectivity index (χ0) is 12.4. The first kappa shape index (κ1) is 11.8. The van der Waals surface area contributed by atoms with E-state index in [4.69, 9.17) is 11.6 Å². The van der Waals surface area contributed by atoms with Gasteiger partial charge in [-0.15, -0.1) is 5.10 Å². The van der Waals surface area contributed by atoms with Crippen molar-refractivity contribution in [3.8, 4) is 0 Å². The molecule has 0 unspecified atom stereocenters. The summed E-state index contributed by atoms with van der Waals surface area (Å²) in [6.07, 6.45) is 1.59. The Hall–Kier alpha value is -1.68. The van der Waals surface area contributed by atoms with Crippen LogP contribution in [0.1, 0.15) is 11.1 Å². The predicted molar refractivity (Wildman–Crippen MR) is 68.8 cm³/mol. The summed E-state index contributed by atoms with van der Waals surface area (Å²) in [7, 11) is 1.93. The summed E-state index contributed by atoms with van der Waals surface area (Å²) in [5.74, 6) is 0.676. The van der Waals surface area contributed by atoms with Gasteiger partial charge in [-0.25, -0.2) is 0 Å². The minimum Gasteiger partial charge on any atom is -0.328 e. The fourth-order valence-corrected chi connectivity index (χ4v) is 1.84. The number of nitrogens with zero attached hydrogens (tertiary/aromatic N) is 4. The summed E-state index contributed by atoms with van der Waals surface area (Å²) >= 11 is 5.73. The second-order valence-electron chi connectivity index (χ2n) is 3.99. The van der Waals surface area contributed by atoms with E-state index in [0.717, 1.165) is 5.69 Å². The van der Waals surface area contributed by atoms with E-state index in [-0.39, 0.29) is 5.28 Å². The van der Waals surface area contributed by atoms with Gasteiger partial charge in [0, 0.05) is 12.7 Å². The molecule has 1 aromatic heterocycles. The van der Waals surface area contributed by atoms with Crippen molar-refractivity contribution in [3.63, 3.8) is 0 Å². The average Bonchev–Trinajstić information content (AvgIpc) is 2.26. The fraction of sp³-hybridized carbons (Fsp3) is 0.250. The Balaban J connectivity index is 2.39. The van der Waals surface area contributed by atoms with E-state index >= 15 is 0 Å². The molecule has 0 N–H and O–H groups in total. The summed E-state index contributed by atoms with van der Waals surface area (Å²) in [6.45, 7) is 4.13. The number of anilines is 2. The molecule has 0 aliphatic heterocycles. The summed E-state index contributed by atoms with van der Waals surface area (Å²) < 4.78 is 0. The molecule has 1 aromatic carbocycles. The molecule has 0 aliphatic carbocycles. The first-order valence-electron chi connectivity index (χ1n) is 5.23. The number of hydrogen-bond acceptors (Lipinski definition) is 4. The maximum Gasteiger partial charge on any atom is 0.244 e. The average molecular weight is 249 g/mol. The first-order chi connectivity index (χ1) is 8.06. The van der Waals surface area contributed by atoms with Crippen LogP contribution in [0.4, 0.5) is 11.5 Å². The predicted octanol–water partition coefficient (Wildman–Crippen LogP) is 2.91. The van der Waals surface area contributed by atoms with E-state index in [1.54, 1.807) is 6.20 Å². The van der Waals surface area contributed by atoms with Gasteiger partial charge in [0.25, 0.3) is 0 Å². The third-order valence-corrected chi connectivity index (χ3v) is 2.62. The molecule has 5 heteroatoms. The Bertz CT molecular complexity index is 522. The number of aryl methyl sites for hydroxylation is 2. The third-order valence-electron chi connectivity index (χ3n) is 2.46. The molecule has 0 fully saturated rings. The van der Waals surface area contributed by atoms with Crippen LogP contribution in [0.15, 0.2) is 24.4 Å². The van der Waals surface area contributed by atoms with Gasteiger partial charge in [-0.3, -0.25) is 0 Å². The summed E-state index contributed by atoms with van der Waals surface area (Å²) in [5, 5.41) is 7.57. The largest absolute Gasteiger partial charge is 0.328 e. The maximum atomic E-state index is 5.73. The zero-order valence-electron chi connectivity index (χ0n) is 9.98. The van der Waals surface area contributed by atoms with Crippen molar-refractivity contribution >= 4 is 23.1 Å². The molecule has 2 rings (SSSR count). The molecule has 2 aromatic rings. The van der Waals surface area contributed by atoms with Crippen LogP contribution in [-0.2, 0) is 0 Å². The van der Waals surface area contributed by atoms with Crippen LogP contribution >= 0.6 is 11.6 Å². The van der Waals surface area contributed by atoms with Gasteiger partial charge in [-0.05, 0) is 48.7 Å². The van der Waals surface area contributed by atoms with E-state index in [9.17, 15) is 0 Å². The Kier molecular flexibility index (Phi) is 3.24. The molecule has 0 bridgehead atoms. The quantitative estimate of drug-likeness (QED) is 0.820. The van der Waals surface area contributed by atoms with Gasteiger partial charge in [0.15, 0.2) is 5.82 Å². The molecule has 0 amide bonds. The van der Waals surface area contributed by atoms with Gasteiger partial charge in [-0.1, -0.05) is 6.07 Å². The van der Waals surface area contributed by atoms with Crippen LogP contribution in [-0.4, -0.2) is 22.2 Å². The molecule has 0 aliphatic rings. The lowest BCUT2D eigenvalue weighted by Crippen LogP contribution is -2.12. The molecule has 0 spiro atoms. The summed E-state index contributed by atoms with van der Waals surface area (Å²) in [5.41, 5.74) is 3.47. The molecule has 0 atom stereocenters. The smallest absolute Gasteiger partial charge is 0.244 e. The van der Waals surface area contributed by atoms with Gasteiger partial charge < -0.3 is 4.90 Å². The lowest BCUT2D eigenvalue weighted by atomic mass is 10.1. The topological polar surface area (TPSA) is 41.9 Å². The minimum absolute atomic E-state index is 0.152. The number of rotatable bonds is 2. The van der Waals surface area contributed by atoms with Gasteiger partial charge >= 0.3 is 0 Å². The highest BCUT2D eigenvalue weighted by Crippen LogP contribution is 2.23. The Labute approximate surface area is 105 Å². The van der Waals surface area contributed by atoms with Crippen molar-refractivity contribution in [1.82, 2.24) is 15.2 Å². The molecule has 0 radical (unpaired) electrons. The Morgan fingerprint density at radius 1 is 1.12 bits per heavy atom. The SMILES string of the molecule is Cc1cc(C)cc(N(C)c2cnnc(Cl)n2)c1. The molecule has 88 valence electrons. The first-order valence-corrected chi connectivity index (χ1v) is 5.61. The highest BCUT2D eigenvalue weighted by molar-refractivity contribution is 6.28. The third kappa shape index (κ3) is 2.71. The molecule has 0 saturated carbocycles. The second-order valence-corrected chi connectivity index (χ2v) is 4.33. The number of benzene rings is 1. The van der Waals surface area contributed by atoms with E-state index < -0.39 is 0 Å². The van der Waals surface area contributed by atoms with E-state index in [2.05, 4.69) is 47.2 Å². The summed E-state index contributed by atoms with van der Waals surface area (Å²) in [6, 6.07) is 6.30. The number of halogens is 1. The monoisotopic (exact) mass is 248 g/mol. The van der Waals surface area contributed by atoms with Crippen LogP contribution in [0.5, 0.6) is 0 Å². The molecule has 1 heterocycles. The minimum atomic E-state index is 0.152. The fourth-order valence-electron chi connectivity index (χ4n) is 1.71. The molecular formula is C12H13ClN4. The van der Waals surface area contributed by atoms with E-state index in [1.165, 1.54) is 11.1 Å². The highest BCUT2D eigenvalue weighted by Gasteiger charge is 2.07. The molecule has 4 nitrogen and oxygen atoms in total. The van der Waals surface area contributed by atoms with Gasteiger partial charge in [-0.2, -0.15) is 10.1 Å². The molecule has 17 heavy (non-hydrogen) atoms. The van der Waals surface area contributed by atoms with Gasteiger partial charge in [0.05, 0.1) is 6.20 Å². The zero-order valence-corrected chi connectivity index (χ0v) is 10.7. The van der Waals surface area contributed by atoms with Crippen LogP contribution < -0.4 is 4.90 Å². The van der Waals surface area contributed by atoms with Crippen LogP contribution in [0, 0.1) is 13.8 Å². The van der Waals surface area contributed by atoms with Crippen molar-refractivity contribution in [2.45, 2.75) is 13.8 Å². The van der Waals surface area contributed by atoms with E-state index in [0.29, 0.717) is 5.82 Å². The number of hydrogen-bond donors (Lipinski definition) is 0. The van der Waals surface area contributed by atoms with Gasteiger partial charge in [0.1, 0.15) is 0 Å². The lowest BCUT2D eigenvalue weighted by Gasteiger charge is -2.18. The summed E-state index contributed by atoms with van der Waals surface area (Å²) in [4.78, 5) is 6.06.